The molecule has 0 saturated carbocycles. The van der Waals surface area contributed by atoms with Gasteiger partial charge in [-0.2, -0.15) is 0 Å². The quantitative estimate of drug-likeness (QED) is 0.544. The third-order valence-electron chi connectivity index (χ3n) is 1.46. The van der Waals surface area contributed by atoms with Gasteiger partial charge in [0.25, 0.3) is 0 Å². The molecule has 1 atom stereocenters. The van der Waals surface area contributed by atoms with E-state index in [-0.39, 0.29) is 0 Å². The van der Waals surface area contributed by atoms with Gasteiger partial charge in [0, 0.05) is 5.71 Å². The van der Waals surface area contributed by atoms with Crippen LogP contribution in [0.1, 0.15) is 33.6 Å². The van der Waals surface area contributed by atoms with Crippen LogP contribution in [0.25, 0.3) is 0 Å². The van der Waals surface area contributed by atoms with Crippen LogP contribution < -0.4 is 0 Å². The molecule has 0 aromatic heterocycles. The van der Waals surface area contributed by atoms with Gasteiger partial charge in [0.2, 0.25) is 0 Å². The predicted octanol–water partition coefficient (Wildman–Crippen LogP) is 2.46. The Labute approximate surface area is 51.6 Å². The SMILES string of the molecule is CCC[C@H](C)C(C)=N. The van der Waals surface area contributed by atoms with Gasteiger partial charge in [-0.3, -0.25) is 0 Å². The standard InChI is InChI=1S/C7H15N/c1-4-5-6(2)7(3)8/h6,8H,4-5H2,1-3H3/t6-/m0/s1. The van der Waals surface area contributed by atoms with Crippen molar-refractivity contribution in [2.75, 3.05) is 0 Å². The number of hydrogen-bond acceptors (Lipinski definition) is 1. The first-order valence-corrected chi connectivity index (χ1v) is 3.23. The van der Waals surface area contributed by atoms with Crippen molar-refractivity contribution in [3.8, 4) is 0 Å². The van der Waals surface area contributed by atoms with Gasteiger partial charge in [-0.15, -0.1) is 0 Å². The van der Waals surface area contributed by atoms with E-state index in [0.717, 1.165) is 12.1 Å². The van der Waals surface area contributed by atoms with Gasteiger partial charge in [0.05, 0.1) is 0 Å². The fraction of sp³-hybridized carbons (Fsp3) is 0.857. The highest BCUT2D eigenvalue weighted by Gasteiger charge is 1.99. The highest BCUT2D eigenvalue weighted by atomic mass is 14.4. The van der Waals surface area contributed by atoms with Crippen molar-refractivity contribution in [2.45, 2.75) is 33.6 Å². The molecule has 0 aromatic rings. The first-order chi connectivity index (χ1) is 3.68. The second kappa shape index (κ2) is 3.65. The van der Waals surface area contributed by atoms with E-state index in [0.29, 0.717) is 5.92 Å². The molecular weight excluding hydrogens is 98.1 g/mol. The van der Waals surface area contributed by atoms with E-state index in [1.54, 1.807) is 0 Å². The Hall–Kier alpha value is -0.330. The van der Waals surface area contributed by atoms with Gasteiger partial charge in [0.1, 0.15) is 0 Å². The lowest BCUT2D eigenvalue weighted by atomic mass is 10.0. The Morgan fingerprint density at radius 1 is 1.62 bits per heavy atom. The molecule has 0 bridgehead atoms. The molecule has 0 radical (unpaired) electrons. The molecule has 0 heterocycles. The molecule has 0 aliphatic rings. The van der Waals surface area contributed by atoms with Gasteiger partial charge >= 0.3 is 0 Å². The molecule has 0 unspecified atom stereocenters. The molecule has 1 heteroatoms. The Balaban J connectivity index is 3.32. The largest absolute Gasteiger partial charge is 0.310 e. The summed E-state index contributed by atoms with van der Waals surface area (Å²) in [6, 6.07) is 0. The summed E-state index contributed by atoms with van der Waals surface area (Å²) in [7, 11) is 0. The highest BCUT2D eigenvalue weighted by molar-refractivity contribution is 5.80. The molecule has 0 aromatic carbocycles. The summed E-state index contributed by atoms with van der Waals surface area (Å²) in [4.78, 5) is 0. The highest BCUT2D eigenvalue weighted by Crippen LogP contribution is 2.04. The summed E-state index contributed by atoms with van der Waals surface area (Å²) in [5, 5.41) is 7.20. The van der Waals surface area contributed by atoms with Crippen LogP contribution in [0.2, 0.25) is 0 Å². The van der Waals surface area contributed by atoms with Gasteiger partial charge < -0.3 is 5.41 Å². The molecule has 48 valence electrons. The van der Waals surface area contributed by atoms with E-state index < -0.39 is 0 Å². The summed E-state index contributed by atoms with van der Waals surface area (Å²) < 4.78 is 0. The second-order valence-electron chi connectivity index (χ2n) is 2.37. The minimum absolute atomic E-state index is 0.500. The van der Waals surface area contributed by atoms with Gasteiger partial charge in [-0.25, -0.2) is 0 Å². The van der Waals surface area contributed by atoms with E-state index in [1.165, 1.54) is 6.42 Å². The van der Waals surface area contributed by atoms with E-state index in [1.807, 2.05) is 6.92 Å². The van der Waals surface area contributed by atoms with Crippen molar-refractivity contribution in [3.05, 3.63) is 0 Å². The van der Waals surface area contributed by atoms with Crippen molar-refractivity contribution in [1.29, 1.82) is 5.41 Å². The molecule has 0 aliphatic heterocycles. The Morgan fingerprint density at radius 3 is 2.25 bits per heavy atom. The van der Waals surface area contributed by atoms with Crippen LogP contribution >= 0.6 is 0 Å². The zero-order valence-electron chi connectivity index (χ0n) is 5.99. The second-order valence-corrected chi connectivity index (χ2v) is 2.37. The van der Waals surface area contributed by atoms with Gasteiger partial charge in [-0.1, -0.05) is 20.3 Å². The summed E-state index contributed by atoms with van der Waals surface area (Å²) in [6.45, 7) is 6.13. The third kappa shape index (κ3) is 2.78. The summed E-state index contributed by atoms with van der Waals surface area (Å²) in [5.41, 5.74) is 0.812. The monoisotopic (exact) mass is 113 g/mol. The molecule has 0 aliphatic carbocycles. The maximum atomic E-state index is 7.20. The maximum absolute atomic E-state index is 7.20. The normalized spacial score (nSPS) is 13.4. The number of nitrogens with one attached hydrogen (secondary N) is 1. The van der Waals surface area contributed by atoms with Crippen LogP contribution in [0.4, 0.5) is 0 Å². The van der Waals surface area contributed by atoms with Gasteiger partial charge in [0.15, 0.2) is 0 Å². The predicted molar refractivity (Wildman–Crippen MR) is 37.5 cm³/mol. The van der Waals surface area contributed by atoms with E-state index in [4.69, 9.17) is 5.41 Å². The molecule has 0 saturated heterocycles. The molecular formula is C7H15N. The average molecular weight is 113 g/mol. The molecule has 0 amide bonds. The topological polar surface area (TPSA) is 23.9 Å². The van der Waals surface area contributed by atoms with E-state index >= 15 is 0 Å². The maximum Gasteiger partial charge on any atom is 0.00863 e. The lowest BCUT2D eigenvalue weighted by molar-refractivity contribution is 0.661. The number of hydrogen-bond donors (Lipinski definition) is 1. The summed E-state index contributed by atoms with van der Waals surface area (Å²) in [6.07, 6.45) is 2.35. The lowest BCUT2D eigenvalue weighted by Gasteiger charge is -2.05. The molecule has 0 rings (SSSR count). The molecule has 1 N–H and O–H groups in total. The van der Waals surface area contributed by atoms with Crippen LogP contribution in [0, 0.1) is 11.3 Å². The average Bonchev–Trinajstić information content (AvgIpc) is 1.67. The van der Waals surface area contributed by atoms with Gasteiger partial charge in [-0.05, 0) is 19.3 Å². The smallest absolute Gasteiger partial charge is 0.00863 e. The first kappa shape index (κ1) is 7.67. The molecule has 0 spiro atoms. The summed E-state index contributed by atoms with van der Waals surface area (Å²) in [5.74, 6) is 0.500. The fourth-order valence-corrected chi connectivity index (χ4v) is 0.650. The van der Waals surface area contributed by atoms with Crippen LogP contribution in [-0.4, -0.2) is 5.71 Å². The van der Waals surface area contributed by atoms with Crippen molar-refractivity contribution < 1.29 is 0 Å². The minimum atomic E-state index is 0.500. The number of rotatable bonds is 3. The first-order valence-electron chi connectivity index (χ1n) is 3.23. The van der Waals surface area contributed by atoms with Crippen LogP contribution in [0.15, 0.2) is 0 Å². The van der Waals surface area contributed by atoms with Crippen LogP contribution in [0.3, 0.4) is 0 Å². The van der Waals surface area contributed by atoms with E-state index in [2.05, 4.69) is 13.8 Å². The molecule has 0 fully saturated rings. The van der Waals surface area contributed by atoms with Crippen LogP contribution in [0.5, 0.6) is 0 Å². The Morgan fingerprint density at radius 2 is 2.12 bits per heavy atom. The Bertz CT molecular complexity index is 76.5. The lowest BCUT2D eigenvalue weighted by Crippen LogP contribution is -2.03. The van der Waals surface area contributed by atoms with Crippen LogP contribution in [-0.2, 0) is 0 Å². The summed E-state index contributed by atoms with van der Waals surface area (Å²) >= 11 is 0. The van der Waals surface area contributed by atoms with Crippen molar-refractivity contribution in [2.24, 2.45) is 5.92 Å². The minimum Gasteiger partial charge on any atom is -0.310 e. The molecule has 8 heavy (non-hydrogen) atoms. The zero-order valence-corrected chi connectivity index (χ0v) is 5.99. The Kier molecular flexibility index (Phi) is 3.49. The molecule has 1 nitrogen and oxygen atoms in total. The van der Waals surface area contributed by atoms with Crippen molar-refractivity contribution >= 4 is 5.71 Å². The van der Waals surface area contributed by atoms with E-state index in [9.17, 15) is 0 Å². The zero-order chi connectivity index (χ0) is 6.57. The van der Waals surface area contributed by atoms with Crippen molar-refractivity contribution in [3.63, 3.8) is 0 Å². The fourth-order valence-electron chi connectivity index (χ4n) is 0.650. The third-order valence-corrected chi connectivity index (χ3v) is 1.46. The van der Waals surface area contributed by atoms with Crippen molar-refractivity contribution in [1.82, 2.24) is 0 Å².